The zero-order valence-electron chi connectivity index (χ0n) is 17.8. The van der Waals surface area contributed by atoms with E-state index in [0.717, 1.165) is 21.9 Å². The molecule has 0 aromatic heterocycles. The molecule has 0 bridgehead atoms. The van der Waals surface area contributed by atoms with E-state index in [2.05, 4.69) is 5.32 Å². The molecule has 1 amide bonds. The summed E-state index contributed by atoms with van der Waals surface area (Å²) in [5.41, 5.74) is 3.12. The molecule has 0 radical (unpaired) electrons. The zero-order valence-corrected chi connectivity index (χ0v) is 20.1. The van der Waals surface area contributed by atoms with Gasteiger partial charge in [-0.1, -0.05) is 72.1 Å². The van der Waals surface area contributed by atoms with Gasteiger partial charge in [0.05, 0.1) is 11.4 Å². The second kappa shape index (κ2) is 10.5. The number of carbonyl (C=O) groups excluding carboxylic acids is 1. The molecular formula is C24H24Cl2N2O3S. The van der Waals surface area contributed by atoms with Gasteiger partial charge in [-0.3, -0.25) is 4.79 Å². The molecule has 0 saturated heterocycles. The van der Waals surface area contributed by atoms with Gasteiger partial charge in [-0.05, 0) is 54.8 Å². The SMILES string of the molecule is CCc1ccccc1NC(=O)CN(Cc1ccc(Cl)cc1Cl)S(=O)(=O)c1ccc(C)cc1. The molecule has 32 heavy (non-hydrogen) atoms. The van der Waals surface area contributed by atoms with Crippen LogP contribution in [-0.4, -0.2) is 25.2 Å². The molecule has 0 saturated carbocycles. The minimum Gasteiger partial charge on any atom is -0.325 e. The number of para-hydroxylation sites is 1. The van der Waals surface area contributed by atoms with Crippen molar-refractivity contribution in [3.8, 4) is 0 Å². The molecule has 0 heterocycles. The second-order valence-corrected chi connectivity index (χ2v) is 10.2. The van der Waals surface area contributed by atoms with Crippen LogP contribution in [0.4, 0.5) is 5.69 Å². The van der Waals surface area contributed by atoms with Crippen LogP contribution in [0.3, 0.4) is 0 Å². The first-order valence-corrected chi connectivity index (χ1v) is 12.3. The number of rotatable bonds is 8. The monoisotopic (exact) mass is 490 g/mol. The fourth-order valence-corrected chi connectivity index (χ4v) is 5.07. The number of aryl methyl sites for hydroxylation is 2. The topological polar surface area (TPSA) is 66.5 Å². The molecule has 3 aromatic carbocycles. The van der Waals surface area contributed by atoms with Crippen molar-refractivity contribution in [2.75, 3.05) is 11.9 Å². The van der Waals surface area contributed by atoms with Gasteiger partial charge in [0.2, 0.25) is 15.9 Å². The van der Waals surface area contributed by atoms with Crippen LogP contribution in [-0.2, 0) is 27.8 Å². The van der Waals surface area contributed by atoms with Crippen molar-refractivity contribution in [2.24, 2.45) is 0 Å². The molecule has 3 rings (SSSR count). The average Bonchev–Trinajstić information content (AvgIpc) is 2.75. The van der Waals surface area contributed by atoms with E-state index in [1.807, 2.05) is 32.0 Å². The Bertz CT molecular complexity index is 1210. The summed E-state index contributed by atoms with van der Waals surface area (Å²) in [6.07, 6.45) is 0.738. The van der Waals surface area contributed by atoms with Crippen LogP contribution >= 0.6 is 23.2 Å². The highest BCUT2D eigenvalue weighted by Crippen LogP contribution is 2.25. The van der Waals surface area contributed by atoms with Gasteiger partial charge in [0.25, 0.3) is 0 Å². The fraction of sp³-hybridized carbons (Fsp3) is 0.208. The summed E-state index contributed by atoms with van der Waals surface area (Å²) in [5.74, 6) is -0.438. The normalized spacial score (nSPS) is 11.5. The van der Waals surface area contributed by atoms with Crippen LogP contribution < -0.4 is 5.32 Å². The van der Waals surface area contributed by atoms with Gasteiger partial charge >= 0.3 is 0 Å². The van der Waals surface area contributed by atoms with Crippen molar-refractivity contribution >= 4 is 44.8 Å². The van der Waals surface area contributed by atoms with Gasteiger partial charge in [0.1, 0.15) is 0 Å². The van der Waals surface area contributed by atoms with E-state index in [9.17, 15) is 13.2 Å². The smallest absolute Gasteiger partial charge is 0.243 e. The molecule has 0 fully saturated rings. The Morgan fingerprint density at radius 2 is 1.66 bits per heavy atom. The summed E-state index contributed by atoms with van der Waals surface area (Å²) < 4.78 is 27.9. The number of hydrogen-bond acceptors (Lipinski definition) is 3. The van der Waals surface area contributed by atoms with E-state index >= 15 is 0 Å². The van der Waals surface area contributed by atoms with E-state index < -0.39 is 15.9 Å². The first-order chi connectivity index (χ1) is 15.2. The lowest BCUT2D eigenvalue weighted by Crippen LogP contribution is -2.37. The van der Waals surface area contributed by atoms with Gasteiger partial charge in [-0.2, -0.15) is 4.31 Å². The van der Waals surface area contributed by atoms with Crippen LogP contribution in [0.1, 0.15) is 23.6 Å². The van der Waals surface area contributed by atoms with Crippen molar-refractivity contribution in [1.82, 2.24) is 4.31 Å². The summed E-state index contributed by atoms with van der Waals surface area (Å²) in [4.78, 5) is 13.0. The number of benzene rings is 3. The predicted molar refractivity (Wildman–Crippen MR) is 130 cm³/mol. The first-order valence-electron chi connectivity index (χ1n) is 10.1. The predicted octanol–water partition coefficient (Wildman–Crippen LogP) is 5.69. The Kier molecular flexibility index (Phi) is 7.96. The third kappa shape index (κ3) is 5.90. The number of hydrogen-bond donors (Lipinski definition) is 1. The Morgan fingerprint density at radius 1 is 0.969 bits per heavy atom. The third-order valence-electron chi connectivity index (χ3n) is 5.01. The molecule has 0 aliphatic heterocycles. The maximum absolute atomic E-state index is 13.4. The zero-order chi connectivity index (χ0) is 23.3. The summed E-state index contributed by atoms with van der Waals surface area (Å²) in [6.45, 7) is 3.42. The van der Waals surface area contributed by atoms with Crippen molar-refractivity contribution in [1.29, 1.82) is 0 Å². The molecule has 0 aliphatic rings. The van der Waals surface area contributed by atoms with Gasteiger partial charge in [-0.25, -0.2) is 8.42 Å². The minimum atomic E-state index is -3.97. The van der Waals surface area contributed by atoms with Crippen LogP contribution in [0, 0.1) is 6.92 Å². The Balaban J connectivity index is 1.92. The molecule has 0 atom stereocenters. The summed E-state index contributed by atoms with van der Waals surface area (Å²) in [6, 6.07) is 18.8. The Hall–Kier alpha value is -2.38. The van der Waals surface area contributed by atoms with E-state index in [0.29, 0.717) is 21.3 Å². The molecule has 3 aromatic rings. The van der Waals surface area contributed by atoms with Crippen molar-refractivity contribution in [3.05, 3.63) is 93.5 Å². The molecule has 168 valence electrons. The van der Waals surface area contributed by atoms with E-state index in [1.165, 1.54) is 12.1 Å². The number of anilines is 1. The molecular weight excluding hydrogens is 467 g/mol. The van der Waals surface area contributed by atoms with Crippen molar-refractivity contribution < 1.29 is 13.2 Å². The molecule has 5 nitrogen and oxygen atoms in total. The molecule has 0 aliphatic carbocycles. The van der Waals surface area contributed by atoms with E-state index in [1.54, 1.807) is 36.4 Å². The highest BCUT2D eigenvalue weighted by Gasteiger charge is 2.28. The number of sulfonamides is 1. The largest absolute Gasteiger partial charge is 0.325 e. The lowest BCUT2D eigenvalue weighted by molar-refractivity contribution is -0.116. The van der Waals surface area contributed by atoms with E-state index in [-0.39, 0.29) is 18.0 Å². The molecule has 1 N–H and O–H groups in total. The standard InChI is InChI=1S/C24H24Cl2N2O3S/c1-3-18-6-4-5-7-23(18)27-24(29)16-28(15-19-10-11-20(25)14-22(19)26)32(30,31)21-12-8-17(2)9-13-21/h4-14H,3,15-16H2,1-2H3,(H,27,29). The van der Waals surface area contributed by atoms with Gasteiger partial charge in [0.15, 0.2) is 0 Å². The van der Waals surface area contributed by atoms with Gasteiger partial charge in [0, 0.05) is 22.3 Å². The maximum atomic E-state index is 13.4. The van der Waals surface area contributed by atoms with Crippen LogP contribution in [0.2, 0.25) is 10.0 Å². The number of amides is 1. The number of nitrogens with one attached hydrogen (secondary N) is 1. The van der Waals surface area contributed by atoms with Gasteiger partial charge < -0.3 is 5.32 Å². The molecule has 0 unspecified atom stereocenters. The second-order valence-electron chi connectivity index (χ2n) is 7.38. The number of carbonyl (C=O) groups is 1. The van der Waals surface area contributed by atoms with Crippen molar-refractivity contribution in [3.63, 3.8) is 0 Å². The van der Waals surface area contributed by atoms with Crippen LogP contribution in [0.5, 0.6) is 0 Å². The minimum absolute atomic E-state index is 0.0743. The number of halogens is 2. The summed E-state index contributed by atoms with van der Waals surface area (Å²) >= 11 is 12.3. The first kappa shape index (κ1) is 24.3. The number of nitrogens with zero attached hydrogens (tertiary/aromatic N) is 1. The van der Waals surface area contributed by atoms with E-state index in [4.69, 9.17) is 23.2 Å². The summed E-state index contributed by atoms with van der Waals surface area (Å²) in [5, 5.41) is 3.61. The Morgan fingerprint density at radius 3 is 2.31 bits per heavy atom. The van der Waals surface area contributed by atoms with Gasteiger partial charge in [-0.15, -0.1) is 0 Å². The third-order valence-corrected chi connectivity index (χ3v) is 7.41. The highest BCUT2D eigenvalue weighted by atomic mass is 35.5. The molecule has 8 heteroatoms. The summed E-state index contributed by atoms with van der Waals surface area (Å²) in [7, 11) is -3.97. The van der Waals surface area contributed by atoms with Crippen molar-refractivity contribution in [2.45, 2.75) is 31.7 Å². The fourth-order valence-electron chi connectivity index (χ4n) is 3.23. The lowest BCUT2D eigenvalue weighted by atomic mass is 10.1. The Labute approximate surface area is 199 Å². The molecule has 0 spiro atoms. The quantitative estimate of drug-likeness (QED) is 0.440. The lowest BCUT2D eigenvalue weighted by Gasteiger charge is -2.23. The average molecular weight is 491 g/mol. The van der Waals surface area contributed by atoms with Crippen LogP contribution in [0.15, 0.2) is 71.6 Å². The highest BCUT2D eigenvalue weighted by molar-refractivity contribution is 7.89. The van der Waals surface area contributed by atoms with Crippen LogP contribution in [0.25, 0.3) is 0 Å². The maximum Gasteiger partial charge on any atom is 0.243 e.